The third kappa shape index (κ3) is 4.81. The fraction of sp³-hybridized carbons (Fsp3) is 0.286. The van der Waals surface area contributed by atoms with Crippen molar-refractivity contribution < 1.29 is 39.8 Å². The minimum atomic E-state index is -1.70. The van der Waals surface area contributed by atoms with Gasteiger partial charge in [-0.05, 0) is 28.8 Å². The van der Waals surface area contributed by atoms with Crippen molar-refractivity contribution in [3.8, 4) is 11.1 Å². The van der Waals surface area contributed by atoms with E-state index >= 15 is 0 Å². The van der Waals surface area contributed by atoms with E-state index in [1.54, 1.807) is 18.2 Å². The van der Waals surface area contributed by atoms with E-state index in [1.165, 1.54) is 6.08 Å². The topological polar surface area (TPSA) is 137 Å². The second kappa shape index (κ2) is 9.17. The molecule has 1 aliphatic heterocycles. The number of benzene rings is 2. The molecule has 0 aliphatic carbocycles. The van der Waals surface area contributed by atoms with Crippen molar-refractivity contribution >= 4 is 12.0 Å². The molecule has 5 N–H and O–H groups in total. The Balaban J connectivity index is 1.85. The molecule has 1 saturated heterocycles. The van der Waals surface area contributed by atoms with E-state index in [0.717, 1.165) is 11.1 Å². The molecule has 0 radical (unpaired) electrons. The van der Waals surface area contributed by atoms with E-state index in [9.17, 15) is 30.3 Å². The fourth-order valence-electron chi connectivity index (χ4n) is 3.03. The van der Waals surface area contributed by atoms with Crippen molar-refractivity contribution in [2.75, 3.05) is 6.61 Å². The summed E-state index contributed by atoms with van der Waals surface area (Å²) in [7, 11) is 0. The van der Waals surface area contributed by atoms with E-state index in [1.807, 2.05) is 36.4 Å². The number of carboxylic acid groups (broad SMARTS) is 1. The highest BCUT2D eigenvalue weighted by Gasteiger charge is 2.45. The van der Waals surface area contributed by atoms with E-state index in [4.69, 9.17) is 9.47 Å². The van der Waals surface area contributed by atoms with Crippen molar-refractivity contribution in [2.24, 2.45) is 0 Å². The minimum Gasteiger partial charge on any atom is -0.475 e. The maximum atomic E-state index is 11.6. The highest BCUT2D eigenvalue weighted by molar-refractivity contribution is 5.90. The summed E-state index contributed by atoms with van der Waals surface area (Å²) >= 11 is 0. The molecule has 2 aromatic carbocycles. The number of hydrogen-bond acceptors (Lipinski definition) is 7. The van der Waals surface area contributed by atoms with Gasteiger partial charge in [-0.2, -0.15) is 0 Å². The fourth-order valence-corrected chi connectivity index (χ4v) is 3.03. The van der Waals surface area contributed by atoms with Gasteiger partial charge in [-0.25, -0.2) is 4.79 Å². The van der Waals surface area contributed by atoms with Crippen molar-refractivity contribution in [1.29, 1.82) is 0 Å². The molecule has 29 heavy (non-hydrogen) atoms. The van der Waals surface area contributed by atoms with Crippen LogP contribution in [0.4, 0.5) is 0 Å². The van der Waals surface area contributed by atoms with Gasteiger partial charge in [0.05, 0.1) is 6.61 Å². The average molecular weight is 402 g/mol. The summed E-state index contributed by atoms with van der Waals surface area (Å²) in [6, 6.07) is 16.6. The van der Waals surface area contributed by atoms with E-state index in [-0.39, 0.29) is 0 Å². The summed E-state index contributed by atoms with van der Waals surface area (Å²) in [5.74, 6) is -1.94. The Morgan fingerprint density at radius 1 is 0.966 bits per heavy atom. The summed E-state index contributed by atoms with van der Waals surface area (Å²) in [6.45, 7) is -0.643. The monoisotopic (exact) mass is 402 g/mol. The lowest BCUT2D eigenvalue weighted by molar-refractivity contribution is -0.291. The highest BCUT2D eigenvalue weighted by Crippen LogP contribution is 2.25. The van der Waals surface area contributed by atoms with Crippen LogP contribution in [0.25, 0.3) is 17.2 Å². The molecule has 0 aromatic heterocycles. The summed E-state index contributed by atoms with van der Waals surface area (Å²) in [4.78, 5) is 11.6. The third-order valence-electron chi connectivity index (χ3n) is 4.59. The van der Waals surface area contributed by atoms with Gasteiger partial charge in [0, 0.05) is 0 Å². The highest BCUT2D eigenvalue weighted by atomic mass is 16.7. The second-order valence-electron chi connectivity index (χ2n) is 6.62. The van der Waals surface area contributed by atoms with Crippen LogP contribution in [0.2, 0.25) is 0 Å². The molecule has 0 spiro atoms. The van der Waals surface area contributed by atoms with Crippen LogP contribution in [0.15, 0.2) is 60.4 Å². The zero-order valence-corrected chi connectivity index (χ0v) is 15.3. The number of rotatable bonds is 6. The zero-order valence-electron chi connectivity index (χ0n) is 15.3. The van der Waals surface area contributed by atoms with Crippen LogP contribution < -0.4 is 0 Å². The Hall–Kier alpha value is -2.75. The van der Waals surface area contributed by atoms with Gasteiger partial charge in [0.25, 0.3) is 0 Å². The second-order valence-corrected chi connectivity index (χ2v) is 6.62. The maximum absolute atomic E-state index is 11.6. The van der Waals surface area contributed by atoms with Crippen molar-refractivity contribution in [2.45, 2.75) is 30.7 Å². The molecule has 8 heteroatoms. The van der Waals surface area contributed by atoms with Crippen LogP contribution in [-0.4, -0.2) is 68.8 Å². The van der Waals surface area contributed by atoms with Gasteiger partial charge in [0.2, 0.25) is 12.0 Å². The zero-order chi connectivity index (χ0) is 21.0. The smallest absolute Gasteiger partial charge is 0.371 e. The molecule has 5 atom stereocenters. The number of aliphatic carboxylic acids is 1. The number of carboxylic acids is 1. The molecule has 0 unspecified atom stereocenters. The van der Waals surface area contributed by atoms with E-state index < -0.39 is 49.0 Å². The first-order valence-corrected chi connectivity index (χ1v) is 8.98. The third-order valence-corrected chi connectivity index (χ3v) is 4.59. The molecule has 1 heterocycles. The molecule has 3 rings (SSSR count). The van der Waals surface area contributed by atoms with Gasteiger partial charge < -0.3 is 35.0 Å². The first-order chi connectivity index (χ1) is 13.9. The largest absolute Gasteiger partial charge is 0.475 e. The summed E-state index contributed by atoms with van der Waals surface area (Å²) in [5, 5.41) is 48.4. The van der Waals surface area contributed by atoms with Crippen molar-refractivity contribution in [3.05, 3.63) is 65.9 Å². The predicted molar refractivity (Wildman–Crippen MR) is 102 cm³/mol. The molecule has 1 aliphatic rings. The number of hydrogen-bond donors (Lipinski definition) is 5. The molecular formula is C21H22O8. The average Bonchev–Trinajstić information content (AvgIpc) is 2.74. The van der Waals surface area contributed by atoms with Crippen LogP contribution in [-0.2, 0) is 14.3 Å². The molecule has 2 aromatic rings. The van der Waals surface area contributed by atoms with Gasteiger partial charge in [-0.1, -0.05) is 48.5 Å². The van der Waals surface area contributed by atoms with Gasteiger partial charge in [0.1, 0.15) is 24.4 Å². The standard InChI is InChI=1S/C21H22O8/c22-11-16-17(23)18(24)19(25)21(29-16)28-15(20(26)27)10-12-5-4-8-14(9-12)13-6-2-1-3-7-13/h1-10,16-19,21-25H,11H2,(H,26,27)/b15-10+/t16-,17+,18-,19+,21-/m0/s1. The predicted octanol–water partition coefficient (Wildman–Crippen LogP) is 0.596. The van der Waals surface area contributed by atoms with Crippen LogP contribution in [0.1, 0.15) is 5.56 Å². The Bertz CT molecular complexity index is 864. The number of aliphatic hydroxyl groups excluding tert-OH is 4. The Kier molecular flexibility index (Phi) is 6.63. The number of ether oxygens (including phenoxy) is 2. The first kappa shape index (κ1) is 21.0. The first-order valence-electron chi connectivity index (χ1n) is 8.98. The van der Waals surface area contributed by atoms with Crippen LogP contribution >= 0.6 is 0 Å². The maximum Gasteiger partial charge on any atom is 0.371 e. The van der Waals surface area contributed by atoms with Crippen LogP contribution in [0.5, 0.6) is 0 Å². The molecule has 0 saturated carbocycles. The lowest BCUT2D eigenvalue weighted by atomic mass is 9.99. The summed E-state index contributed by atoms with van der Waals surface area (Å²) < 4.78 is 10.5. The lowest BCUT2D eigenvalue weighted by Crippen LogP contribution is -2.59. The number of aliphatic hydroxyl groups is 4. The lowest BCUT2D eigenvalue weighted by Gasteiger charge is -2.39. The van der Waals surface area contributed by atoms with E-state index in [0.29, 0.717) is 5.56 Å². The van der Waals surface area contributed by atoms with Gasteiger partial charge in [-0.15, -0.1) is 0 Å². The quantitative estimate of drug-likeness (QED) is 0.350. The molecule has 8 nitrogen and oxygen atoms in total. The van der Waals surface area contributed by atoms with Gasteiger partial charge in [-0.3, -0.25) is 0 Å². The minimum absolute atomic E-state index is 0.528. The molecule has 0 amide bonds. The molecule has 154 valence electrons. The van der Waals surface area contributed by atoms with Gasteiger partial charge >= 0.3 is 5.97 Å². The van der Waals surface area contributed by atoms with Crippen LogP contribution in [0.3, 0.4) is 0 Å². The molecular weight excluding hydrogens is 380 g/mol. The number of carbonyl (C=O) groups is 1. The van der Waals surface area contributed by atoms with Crippen LogP contribution in [0, 0.1) is 0 Å². The summed E-state index contributed by atoms with van der Waals surface area (Å²) in [5.41, 5.74) is 2.36. The Morgan fingerprint density at radius 3 is 2.31 bits per heavy atom. The molecule has 0 bridgehead atoms. The summed E-state index contributed by atoms with van der Waals surface area (Å²) in [6.07, 6.45) is -6.45. The van der Waals surface area contributed by atoms with Crippen molar-refractivity contribution in [1.82, 2.24) is 0 Å². The Labute approximate surface area is 166 Å². The normalized spacial score (nSPS) is 27.4. The Morgan fingerprint density at radius 2 is 1.66 bits per heavy atom. The van der Waals surface area contributed by atoms with E-state index in [2.05, 4.69) is 0 Å². The molecule has 1 fully saturated rings. The SMILES string of the molecule is O=C(O)/C(=C\c1cccc(-c2ccccc2)c1)O[C@H]1O[C@@H](CO)[C@@H](O)[C@H](O)[C@H]1O. The van der Waals surface area contributed by atoms with Crippen molar-refractivity contribution in [3.63, 3.8) is 0 Å². The van der Waals surface area contributed by atoms with Gasteiger partial charge in [0.15, 0.2) is 0 Å².